The number of carboxylic acids is 1. The van der Waals surface area contributed by atoms with E-state index >= 15 is 0 Å². The van der Waals surface area contributed by atoms with Gasteiger partial charge in [-0.25, -0.2) is 4.79 Å². The van der Waals surface area contributed by atoms with Gasteiger partial charge in [0, 0.05) is 13.0 Å². The van der Waals surface area contributed by atoms with Crippen molar-refractivity contribution in [1.29, 1.82) is 0 Å². The summed E-state index contributed by atoms with van der Waals surface area (Å²) in [5.74, 6) is -2.53. The number of aliphatic carboxylic acids is 1. The SMILES string of the molecule is CCCCC(CC)NC(=O)[C@@H]1OC(C(=O)O)=C[C@H](N)[C@H]1NC(C)=O. The molecule has 1 heterocycles. The third kappa shape index (κ3) is 5.52. The maximum atomic E-state index is 12.6. The van der Waals surface area contributed by atoms with Gasteiger partial charge in [0.05, 0.1) is 12.1 Å². The Kier molecular flexibility index (Phi) is 7.70. The molecule has 0 bridgehead atoms. The Hall–Kier alpha value is -2.09. The molecule has 5 N–H and O–H groups in total. The fourth-order valence-electron chi connectivity index (χ4n) is 2.59. The standard InChI is InChI=1S/C16H27N3O5/c1-4-6-7-10(5-2)19-15(21)14-13(18-9(3)20)11(17)8-12(24-14)16(22)23/h8,10-11,13-14H,4-7,17H2,1-3H3,(H,18,20)(H,19,21)(H,22,23)/t10?,11-,13+,14+/m0/s1. The molecular weight excluding hydrogens is 314 g/mol. The van der Waals surface area contributed by atoms with E-state index < -0.39 is 30.1 Å². The van der Waals surface area contributed by atoms with Crippen LogP contribution in [0.1, 0.15) is 46.5 Å². The maximum absolute atomic E-state index is 12.6. The number of hydrogen-bond acceptors (Lipinski definition) is 5. The normalized spacial score (nSPS) is 24.3. The van der Waals surface area contributed by atoms with E-state index in [1.165, 1.54) is 13.0 Å². The van der Waals surface area contributed by atoms with Crippen LogP contribution in [0.3, 0.4) is 0 Å². The Balaban J connectivity index is 2.92. The van der Waals surface area contributed by atoms with Gasteiger partial charge in [0.1, 0.15) is 0 Å². The van der Waals surface area contributed by atoms with Crippen LogP contribution < -0.4 is 16.4 Å². The molecule has 1 unspecified atom stereocenters. The number of carbonyl (C=O) groups is 3. The molecular formula is C16H27N3O5. The Morgan fingerprint density at radius 2 is 2.04 bits per heavy atom. The fraction of sp³-hybridized carbons (Fsp3) is 0.688. The fourth-order valence-corrected chi connectivity index (χ4v) is 2.59. The summed E-state index contributed by atoms with van der Waals surface area (Å²) in [6, 6.07) is -1.69. The van der Waals surface area contributed by atoms with Crippen molar-refractivity contribution in [2.45, 2.75) is 70.7 Å². The lowest BCUT2D eigenvalue weighted by atomic mass is 9.97. The average Bonchev–Trinajstić information content (AvgIpc) is 2.52. The number of ether oxygens (including phenoxy) is 1. The zero-order valence-electron chi connectivity index (χ0n) is 14.4. The van der Waals surface area contributed by atoms with Crippen LogP contribution in [0.2, 0.25) is 0 Å². The molecule has 1 aliphatic rings. The summed E-state index contributed by atoms with van der Waals surface area (Å²) >= 11 is 0. The topological polar surface area (TPSA) is 131 Å². The summed E-state index contributed by atoms with van der Waals surface area (Å²) in [5.41, 5.74) is 5.91. The Bertz CT molecular complexity index is 506. The lowest BCUT2D eigenvalue weighted by Crippen LogP contribution is -2.61. The monoisotopic (exact) mass is 341 g/mol. The Morgan fingerprint density at radius 3 is 2.54 bits per heavy atom. The molecule has 0 saturated carbocycles. The minimum Gasteiger partial charge on any atom is -0.475 e. The molecule has 8 heteroatoms. The molecule has 4 atom stereocenters. The molecule has 0 aromatic rings. The number of carbonyl (C=O) groups excluding carboxylic acids is 2. The van der Waals surface area contributed by atoms with Gasteiger partial charge in [-0.1, -0.05) is 26.7 Å². The van der Waals surface area contributed by atoms with Crippen LogP contribution in [-0.4, -0.2) is 47.1 Å². The van der Waals surface area contributed by atoms with Crippen LogP contribution in [0, 0.1) is 0 Å². The summed E-state index contributed by atoms with van der Waals surface area (Å²) in [4.78, 5) is 35.1. The highest BCUT2D eigenvalue weighted by atomic mass is 16.5. The van der Waals surface area contributed by atoms with Gasteiger partial charge in [0.15, 0.2) is 6.10 Å². The first-order valence-corrected chi connectivity index (χ1v) is 8.24. The maximum Gasteiger partial charge on any atom is 0.370 e. The van der Waals surface area contributed by atoms with Gasteiger partial charge in [0.2, 0.25) is 11.7 Å². The molecule has 1 rings (SSSR count). The second kappa shape index (κ2) is 9.27. The van der Waals surface area contributed by atoms with Gasteiger partial charge in [-0.3, -0.25) is 9.59 Å². The molecule has 0 saturated heterocycles. The zero-order valence-corrected chi connectivity index (χ0v) is 14.4. The van der Waals surface area contributed by atoms with E-state index in [1.807, 2.05) is 6.92 Å². The van der Waals surface area contributed by atoms with Gasteiger partial charge < -0.3 is 26.2 Å². The first-order valence-electron chi connectivity index (χ1n) is 8.24. The van der Waals surface area contributed by atoms with Crippen molar-refractivity contribution in [3.8, 4) is 0 Å². The number of rotatable bonds is 8. The quantitative estimate of drug-likeness (QED) is 0.501. The number of hydrogen-bond donors (Lipinski definition) is 4. The minimum atomic E-state index is -1.30. The van der Waals surface area contributed by atoms with Gasteiger partial charge in [-0.2, -0.15) is 0 Å². The van der Waals surface area contributed by atoms with Crippen LogP contribution in [0.4, 0.5) is 0 Å². The van der Waals surface area contributed by atoms with Crippen LogP contribution in [0.5, 0.6) is 0 Å². The molecule has 0 spiro atoms. The van der Waals surface area contributed by atoms with Gasteiger partial charge in [-0.05, 0) is 18.9 Å². The van der Waals surface area contributed by atoms with Crippen molar-refractivity contribution in [3.05, 3.63) is 11.8 Å². The molecule has 24 heavy (non-hydrogen) atoms. The van der Waals surface area contributed by atoms with Gasteiger partial charge in [-0.15, -0.1) is 0 Å². The lowest BCUT2D eigenvalue weighted by molar-refractivity contribution is -0.143. The summed E-state index contributed by atoms with van der Waals surface area (Å²) < 4.78 is 5.30. The van der Waals surface area contributed by atoms with Gasteiger partial charge >= 0.3 is 5.97 Å². The molecule has 0 aromatic heterocycles. The van der Waals surface area contributed by atoms with Gasteiger partial charge in [0.25, 0.3) is 5.91 Å². The van der Waals surface area contributed by atoms with Crippen LogP contribution in [-0.2, 0) is 19.1 Å². The number of unbranched alkanes of at least 4 members (excludes halogenated alkanes) is 1. The van der Waals surface area contributed by atoms with Crippen LogP contribution >= 0.6 is 0 Å². The van der Waals surface area contributed by atoms with E-state index in [-0.39, 0.29) is 17.7 Å². The third-order valence-corrected chi connectivity index (χ3v) is 3.92. The summed E-state index contributed by atoms with van der Waals surface area (Å²) in [6.07, 6.45) is 3.56. The van der Waals surface area contributed by atoms with Crippen molar-refractivity contribution >= 4 is 17.8 Å². The van der Waals surface area contributed by atoms with Crippen molar-refractivity contribution in [2.75, 3.05) is 0 Å². The molecule has 1 aliphatic heterocycles. The smallest absolute Gasteiger partial charge is 0.370 e. The van der Waals surface area contributed by atoms with E-state index in [1.54, 1.807) is 0 Å². The Labute approximate surface area is 141 Å². The molecule has 0 radical (unpaired) electrons. The minimum absolute atomic E-state index is 0.0329. The molecule has 0 aliphatic carbocycles. The zero-order chi connectivity index (χ0) is 18.3. The Morgan fingerprint density at radius 1 is 1.38 bits per heavy atom. The highest BCUT2D eigenvalue weighted by Crippen LogP contribution is 2.18. The highest BCUT2D eigenvalue weighted by molar-refractivity contribution is 5.88. The largest absolute Gasteiger partial charge is 0.475 e. The van der Waals surface area contributed by atoms with E-state index in [0.717, 1.165) is 25.7 Å². The summed E-state index contributed by atoms with van der Waals surface area (Å²) in [6.45, 7) is 5.32. The van der Waals surface area contributed by atoms with Crippen molar-refractivity contribution in [3.63, 3.8) is 0 Å². The predicted octanol–water partition coefficient (Wildman–Crippen LogP) is 0.271. The number of carboxylic acid groups (broad SMARTS) is 1. The van der Waals surface area contributed by atoms with Crippen LogP contribution in [0.15, 0.2) is 11.8 Å². The average molecular weight is 341 g/mol. The molecule has 0 aromatic carbocycles. The van der Waals surface area contributed by atoms with E-state index in [2.05, 4.69) is 17.6 Å². The first-order chi connectivity index (χ1) is 11.3. The highest BCUT2D eigenvalue weighted by Gasteiger charge is 2.40. The van der Waals surface area contributed by atoms with E-state index in [0.29, 0.717) is 0 Å². The first kappa shape index (κ1) is 20.0. The molecule has 2 amide bonds. The second-order valence-corrected chi connectivity index (χ2v) is 5.93. The molecule has 136 valence electrons. The predicted molar refractivity (Wildman–Crippen MR) is 87.9 cm³/mol. The van der Waals surface area contributed by atoms with Crippen molar-refractivity contribution in [1.82, 2.24) is 10.6 Å². The third-order valence-electron chi connectivity index (χ3n) is 3.92. The second-order valence-electron chi connectivity index (χ2n) is 5.93. The molecule has 8 nitrogen and oxygen atoms in total. The van der Waals surface area contributed by atoms with E-state index in [9.17, 15) is 14.4 Å². The molecule has 0 fully saturated rings. The van der Waals surface area contributed by atoms with Crippen LogP contribution in [0.25, 0.3) is 0 Å². The van der Waals surface area contributed by atoms with Crippen molar-refractivity contribution in [2.24, 2.45) is 5.73 Å². The summed E-state index contributed by atoms with van der Waals surface area (Å²) in [5, 5.41) is 14.5. The lowest BCUT2D eigenvalue weighted by Gasteiger charge is -2.35. The number of nitrogens with two attached hydrogens (primary N) is 1. The van der Waals surface area contributed by atoms with Crippen molar-refractivity contribution < 1.29 is 24.2 Å². The number of amides is 2. The summed E-state index contributed by atoms with van der Waals surface area (Å²) in [7, 11) is 0. The number of nitrogens with one attached hydrogen (secondary N) is 2. The van der Waals surface area contributed by atoms with E-state index in [4.69, 9.17) is 15.6 Å².